The number of carboxylic acids is 1. The Morgan fingerprint density at radius 1 is 1.17 bits per heavy atom. The summed E-state index contributed by atoms with van der Waals surface area (Å²) >= 11 is 6.07. The molecule has 0 aliphatic heterocycles. The Morgan fingerprint density at radius 2 is 1.87 bits per heavy atom. The van der Waals surface area contributed by atoms with E-state index in [0.717, 1.165) is 6.42 Å². The summed E-state index contributed by atoms with van der Waals surface area (Å²) in [5.41, 5.74) is 0.866. The van der Waals surface area contributed by atoms with Crippen LogP contribution in [0.25, 0.3) is 0 Å². The van der Waals surface area contributed by atoms with Gasteiger partial charge in [0, 0.05) is 25.1 Å². The maximum absolute atomic E-state index is 11.9. The van der Waals surface area contributed by atoms with Crippen LogP contribution >= 0.6 is 11.6 Å². The molecule has 2 amide bonds. The number of amides is 2. The fourth-order valence-electron chi connectivity index (χ4n) is 1.90. The minimum atomic E-state index is -0.867. The fraction of sp³-hybridized carbons (Fsp3) is 0.438. The maximum atomic E-state index is 11.9. The number of carbonyl (C=O) groups is 3. The van der Waals surface area contributed by atoms with Crippen LogP contribution in [0.4, 0.5) is 5.69 Å². The van der Waals surface area contributed by atoms with E-state index < -0.39 is 5.97 Å². The Kier molecular flexibility index (Phi) is 8.11. The number of anilines is 1. The summed E-state index contributed by atoms with van der Waals surface area (Å²) in [5.74, 6) is -1.33. The molecule has 0 saturated heterocycles. The molecule has 1 aromatic carbocycles. The van der Waals surface area contributed by atoms with E-state index in [2.05, 4.69) is 10.6 Å². The number of unbranched alkanes of at least 4 members (excludes halogenated alkanes) is 1. The van der Waals surface area contributed by atoms with Crippen LogP contribution in [0.3, 0.4) is 0 Å². The molecular weight excluding hydrogens is 320 g/mol. The molecule has 0 radical (unpaired) electrons. The summed E-state index contributed by atoms with van der Waals surface area (Å²) < 4.78 is 0. The van der Waals surface area contributed by atoms with Gasteiger partial charge in [-0.1, -0.05) is 18.5 Å². The molecule has 7 heteroatoms. The zero-order valence-electron chi connectivity index (χ0n) is 13.0. The number of nitrogens with one attached hydrogen (secondary N) is 2. The second-order valence-corrected chi connectivity index (χ2v) is 5.51. The van der Waals surface area contributed by atoms with Gasteiger partial charge < -0.3 is 15.7 Å². The van der Waals surface area contributed by atoms with Crippen LogP contribution in [0.5, 0.6) is 0 Å². The molecule has 0 saturated carbocycles. The van der Waals surface area contributed by atoms with Crippen molar-refractivity contribution in [2.45, 2.75) is 39.0 Å². The van der Waals surface area contributed by atoms with Crippen molar-refractivity contribution in [1.29, 1.82) is 0 Å². The van der Waals surface area contributed by atoms with Gasteiger partial charge in [-0.2, -0.15) is 0 Å². The first-order valence-corrected chi connectivity index (χ1v) is 7.91. The average Bonchev–Trinajstić information content (AvgIpc) is 2.49. The number of benzene rings is 1. The van der Waals surface area contributed by atoms with Gasteiger partial charge in [0.25, 0.3) is 5.91 Å². The zero-order valence-corrected chi connectivity index (χ0v) is 13.8. The predicted octanol–water partition coefficient (Wildman–Crippen LogP) is 3.06. The Labute approximate surface area is 140 Å². The monoisotopic (exact) mass is 340 g/mol. The van der Waals surface area contributed by atoms with E-state index in [9.17, 15) is 14.4 Å². The highest BCUT2D eigenvalue weighted by Gasteiger charge is 2.11. The van der Waals surface area contributed by atoms with Crippen molar-refractivity contribution < 1.29 is 19.5 Å². The van der Waals surface area contributed by atoms with Gasteiger partial charge in [0.05, 0.1) is 10.6 Å². The van der Waals surface area contributed by atoms with Gasteiger partial charge in [0.1, 0.15) is 0 Å². The summed E-state index contributed by atoms with van der Waals surface area (Å²) in [5, 5.41) is 14.2. The highest BCUT2D eigenvalue weighted by Crippen LogP contribution is 2.21. The van der Waals surface area contributed by atoms with Crippen molar-refractivity contribution in [3.8, 4) is 0 Å². The van der Waals surface area contributed by atoms with E-state index in [4.69, 9.17) is 16.7 Å². The Hall–Kier alpha value is -2.08. The standard InChI is InChI=1S/C16H21ClN2O4/c1-2-9-18-16(23)12-8-7-11(10-13(12)17)19-14(20)5-3-4-6-15(21)22/h7-8,10H,2-6,9H2,1H3,(H,18,23)(H,19,20)(H,21,22). The lowest BCUT2D eigenvalue weighted by Gasteiger charge is -2.09. The number of carboxylic acid groups (broad SMARTS) is 1. The molecule has 0 atom stereocenters. The van der Waals surface area contributed by atoms with Gasteiger partial charge >= 0.3 is 5.97 Å². The van der Waals surface area contributed by atoms with Crippen molar-refractivity contribution in [1.82, 2.24) is 5.32 Å². The van der Waals surface area contributed by atoms with Crippen molar-refractivity contribution in [3.63, 3.8) is 0 Å². The molecule has 0 spiro atoms. The van der Waals surface area contributed by atoms with Gasteiger partial charge in [-0.15, -0.1) is 0 Å². The normalized spacial score (nSPS) is 10.2. The quantitative estimate of drug-likeness (QED) is 0.602. The molecule has 0 aromatic heterocycles. The van der Waals surface area contributed by atoms with Crippen LogP contribution in [-0.4, -0.2) is 29.4 Å². The first-order valence-electron chi connectivity index (χ1n) is 7.53. The van der Waals surface area contributed by atoms with Crippen LogP contribution < -0.4 is 10.6 Å². The number of hydrogen-bond donors (Lipinski definition) is 3. The summed E-state index contributed by atoms with van der Waals surface area (Å²) in [4.78, 5) is 34.0. The van der Waals surface area contributed by atoms with Gasteiger partial charge in [-0.3, -0.25) is 14.4 Å². The molecule has 1 rings (SSSR count). The molecule has 0 aliphatic carbocycles. The van der Waals surface area contributed by atoms with Gasteiger partial charge in [0.2, 0.25) is 5.91 Å². The van der Waals surface area contributed by atoms with Crippen molar-refractivity contribution in [2.24, 2.45) is 0 Å². The Balaban J connectivity index is 2.52. The Bertz CT molecular complexity index is 575. The van der Waals surface area contributed by atoms with Crippen molar-refractivity contribution in [3.05, 3.63) is 28.8 Å². The summed E-state index contributed by atoms with van der Waals surface area (Å²) in [6.45, 7) is 2.53. The van der Waals surface area contributed by atoms with Crippen molar-refractivity contribution in [2.75, 3.05) is 11.9 Å². The van der Waals surface area contributed by atoms with E-state index in [1.165, 1.54) is 6.07 Å². The lowest BCUT2D eigenvalue weighted by molar-refractivity contribution is -0.137. The maximum Gasteiger partial charge on any atom is 0.303 e. The number of aliphatic carboxylic acids is 1. The Morgan fingerprint density at radius 3 is 2.48 bits per heavy atom. The second-order valence-electron chi connectivity index (χ2n) is 5.10. The minimum Gasteiger partial charge on any atom is -0.481 e. The molecule has 3 N–H and O–H groups in total. The van der Waals surface area contributed by atoms with Gasteiger partial charge in [-0.25, -0.2) is 0 Å². The molecule has 23 heavy (non-hydrogen) atoms. The molecule has 6 nitrogen and oxygen atoms in total. The molecule has 0 fully saturated rings. The summed E-state index contributed by atoms with van der Waals surface area (Å²) in [6.07, 6.45) is 2.09. The van der Waals surface area contributed by atoms with E-state index >= 15 is 0 Å². The third-order valence-corrected chi connectivity index (χ3v) is 3.39. The van der Waals surface area contributed by atoms with E-state index in [0.29, 0.717) is 30.6 Å². The van der Waals surface area contributed by atoms with E-state index in [-0.39, 0.29) is 29.7 Å². The molecule has 126 valence electrons. The molecular formula is C16H21ClN2O4. The molecule has 0 bridgehead atoms. The van der Waals surface area contributed by atoms with Gasteiger partial charge in [-0.05, 0) is 37.5 Å². The van der Waals surface area contributed by atoms with Crippen LogP contribution in [-0.2, 0) is 9.59 Å². The second kappa shape index (κ2) is 9.84. The van der Waals surface area contributed by atoms with Crippen LogP contribution in [0, 0.1) is 0 Å². The molecule has 1 aromatic rings. The fourth-order valence-corrected chi connectivity index (χ4v) is 2.16. The topological polar surface area (TPSA) is 95.5 Å². The first-order chi connectivity index (χ1) is 10.9. The minimum absolute atomic E-state index is 0.0562. The zero-order chi connectivity index (χ0) is 17.2. The number of hydrogen-bond acceptors (Lipinski definition) is 3. The van der Waals surface area contributed by atoms with E-state index in [1.807, 2.05) is 6.92 Å². The highest BCUT2D eigenvalue weighted by atomic mass is 35.5. The largest absolute Gasteiger partial charge is 0.481 e. The lowest BCUT2D eigenvalue weighted by atomic mass is 10.1. The summed E-state index contributed by atoms with van der Waals surface area (Å²) in [7, 11) is 0. The van der Waals surface area contributed by atoms with Crippen LogP contribution in [0.15, 0.2) is 18.2 Å². The molecule has 0 aliphatic rings. The predicted molar refractivity (Wildman–Crippen MR) is 88.8 cm³/mol. The van der Waals surface area contributed by atoms with Crippen LogP contribution in [0.1, 0.15) is 49.4 Å². The van der Waals surface area contributed by atoms with E-state index in [1.54, 1.807) is 12.1 Å². The van der Waals surface area contributed by atoms with Crippen LogP contribution in [0.2, 0.25) is 5.02 Å². The number of rotatable bonds is 9. The average molecular weight is 341 g/mol. The SMILES string of the molecule is CCCNC(=O)c1ccc(NC(=O)CCCCC(=O)O)cc1Cl. The lowest BCUT2D eigenvalue weighted by Crippen LogP contribution is -2.24. The highest BCUT2D eigenvalue weighted by molar-refractivity contribution is 6.34. The first kappa shape index (κ1) is 19.0. The summed E-state index contributed by atoms with van der Waals surface area (Å²) in [6, 6.07) is 4.70. The smallest absolute Gasteiger partial charge is 0.303 e. The molecule has 0 unspecified atom stereocenters. The number of carbonyl (C=O) groups excluding carboxylic acids is 2. The third kappa shape index (κ3) is 7.15. The molecule has 0 heterocycles. The van der Waals surface area contributed by atoms with Crippen molar-refractivity contribution >= 4 is 35.1 Å². The number of halogens is 1. The van der Waals surface area contributed by atoms with Gasteiger partial charge in [0.15, 0.2) is 0 Å². The third-order valence-electron chi connectivity index (χ3n) is 3.08.